The Balaban J connectivity index is 2.01. The minimum absolute atomic E-state index is 0.439. The maximum absolute atomic E-state index is 5.92. The molecule has 2 aromatic rings. The third kappa shape index (κ3) is 2.53. The van der Waals surface area contributed by atoms with Crippen molar-refractivity contribution in [3.05, 3.63) is 48.0 Å². The van der Waals surface area contributed by atoms with Crippen LogP contribution in [0.25, 0.3) is 11.1 Å². The highest BCUT2D eigenvalue weighted by molar-refractivity contribution is 7.43. The second-order valence-corrected chi connectivity index (χ2v) is 5.94. The molecule has 0 fully saturated rings. The van der Waals surface area contributed by atoms with Crippen LogP contribution in [0.15, 0.2) is 42.5 Å². The van der Waals surface area contributed by atoms with Gasteiger partial charge in [0, 0.05) is 10.9 Å². The van der Waals surface area contributed by atoms with E-state index >= 15 is 0 Å². The van der Waals surface area contributed by atoms with Crippen molar-refractivity contribution in [2.45, 2.75) is 32.6 Å². The van der Waals surface area contributed by atoms with Gasteiger partial charge in [0.25, 0.3) is 0 Å². The van der Waals surface area contributed by atoms with E-state index in [0.29, 0.717) is 8.81 Å². The summed E-state index contributed by atoms with van der Waals surface area (Å²) in [6, 6.07) is 15.1. The third-order valence-electron chi connectivity index (χ3n) is 3.63. The number of unbranched alkanes of at least 4 members (excludes halogenated alkanes) is 2. The molecule has 2 heteroatoms. The predicted molar refractivity (Wildman–Crippen MR) is 83.7 cm³/mol. The normalized spacial score (nSPS) is 13.7. The molecule has 0 saturated carbocycles. The molecule has 0 bridgehead atoms. The van der Waals surface area contributed by atoms with E-state index in [0.717, 1.165) is 12.2 Å². The van der Waals surface area contributed by atoms with Gasteiger partial charge >= 0.3 is 0 Å². The molecular formula is C17H19OP. The summed E-state index contributed by atoms with van der Waals surface area (Å²) in [5, 5.41) is 1.33. The Kier molecular flexibility index (Phi) is 3.84. The maximum atomic E-state index is 5.92. The molecule has 0 saturated heterocycles. The van der Waals surface area contributed by atoms with Crippen molar-refractivity contribution < 1.29 is 4.52 Å². The maximum Gasteiger partial charge on any atom is 0.131 e. The first-order chi connectivity index (χ1) is 9.40. The lowest BCUT2D eigenvalue weighted by atomic mass is 9.95. The van der Waals surface area contributed by atoms with Crippen LogP contribution in [0.1, 0.15) is 31.7 Å². The Morgan fingerprint density at radius 3 is 2.79 bits per heavy atom. The molecule has 0 amide bonds. The van der Waals surface area contributed by atoms with E-state index in [2.05, 4.69) is 49.4 Å². The van der Waals surface area contributed by atoms with E-state index in [1.54, 1.807) is 0 Å². The Hall–Kier alpha value is -1.33. The number of rotatable bonds is 4. The number of benzene rings is 2. The van der Waals surface area contributed by atoms with Crippen LogP contribution in [-0.4, -0.2) is 0 Å². The second kappa shape index (κ2) is 5.75. The van der Waals surface area contributed by atoms with E-state index in [4.69, 9.17) is 4.52 Å². The van der Waals surface area contributed by atoms with E-state index in [1.165, 1.54) is 41.3 Å². The molecule has 1 heterocycles. The van der Waals surface area contributed by atoms with Gasteiger partial charge in [0.15, 0.2) is 0 Å². The highest BCUT2D eigenvalue weighted by Gasteiger charge is 2.19. The Labute approximate surface area is 116 Å². The molecule has 1 unspecified atom stereocenters. The fourth-order valence-corrected chi connectivity index (χ4v) is 3.51. The van der Waals surface area contributed by atoms with Gasteiger partial charge in [-0.3, -0.25) is 0 Å². The van der Waals surface area contributed by atoms with Crippen molar-refractivity contribution in [3.8, 4) is 16.9 Å². The van der Waals surface area contributed by atoms with Crippen molar-refractivity contribution in [1.82, 2.24) is 0 Å². The second-order valence-electron chi connectivity index (χ2n) is 5.00. The van der Waals surface area contributed by atoms with Gasteiger partial charge in [-0.05, 0) is 30.0 Å². The predicted octanol–water partition coefficient (Wildman–Crippen LogP) is 4.70. The van der Waals surface area contributed by atoms with Crippen LogP contribution < -0.4 is 9.83 Å². The van der Waals surface area contributed by atoms with Crippen LogP contribution in [0, 0.1) is 0 Å². The standard InChI is InChI=1S/C17H19OP/c1-2-3-4-8-13-9-7-11-15-17(13)14-10-5-6-12-16(14)19-18-15/h5-7,9-12,19H,2-4,8H2,1H3. The summed E-state index contributed by atoms with van der Waals surface area (Å²) in [6.07, 6.45) is 4.98. The van der Waals surface area contributed by atoms with Gasteiger partial charge in [-0.2, -0.15) is 0 Å². The summed E-state index contributed by atoms with van der Waals surface area (Å²) >= 11 is 0. The van der Waals surface area contributed by atoms with Gasteiger partial charge in [0.1, 0.15) is 14.6 Å². The Bertz CT molecular complexity index is 577. The zero-order chi connectivity index (χ0) is 13.1. The van der Waals surface area contributed by atoms with Crippen LogP contribution in [-0.2, 0) is 6.42 Å². The highest BCUT2D eigenvalue weighted by Crippen LogP contribution is 2.41. The smallest absolute Gasteiger partial charge is 0.131 e. The third-order valence-corrected chi connectivity index (χ3v) is 4.61. The minimum Gasteiger partial charge on any atom is -0.472 e. The zero-order valence-corrected chi connectivity index (χ0v) is 12.3. The lowest BCUT2D eigenvalue weighted by molar-refractivity contribution is 0.634. The molecule has 0 aromatic heterocycles. The molecule has 3 rings (SSSR count). The van der Waals surface area contributed by atoms with E-state index in [1.807, 2.05) is 0 Å². The molecule has 0 aliphatic carbocycles. The lowest BCUT2D eigenvalue weighted by Gasteiger charge is -2.22. The summed E-state index contributed by atoms with van der Waals surface area (Å²) in [5.41, 5.74) is 4.13. The van der Waals surface area contributed by atoms with Gasteiger partial charge in [0.05, 0.1) is 0 Å². The summed E-state index contributed by atoms with van der Waals surface area (Å²) < 4.78 is 5.92. The monoisotopic (exact) mass is 270 g/mol. The van der Waals surface area contributed by atoms with E-state index in [9.17, 15) is 0 Å². The SMILES string of the molecule is CCCCCc1cccc2c1-c1ccccc1PO2. The number of aryl methyl sites for hydroxylation is 1. The van der Waals surface area contributed by atoms with Crippen LogP contribution in [0.5, 0.6) is 5.75 Å². The molecule has 1 aliphatic heterocycles. The van der Waals surface area contributed by atoms with Crippen LogP contribution in [0.2, 0.25) is 0 Å². The zero-order valence-electron chi connectivity index (χ0n) is 11.3. The molecule has 2 aromatic carbocycles. The Morgan fingerprint density at radius 1 is 1.00 bits per heavy atom. The highest BCUT2D eigenvalue weighted by atomic mass is 31.1. The van der Waals surface area contributed by atoms with E-state index < -0.39 is 0 Å². The number of fused-ring (bicyclic) bond motifs is 3. The first kappa shape index (κ1) is 12.7. The van der Waals surface area contributed by atoms with Gasteiger partial charge < -0.3 is 4.52 Å². The molecule has 0 radical (unpaired) electrons. The average molecular weight is 270 g/mol. The molecule has 1 aliphatic rings. The van der Waals surface area contributed by atoms with Crippen LogP contribution in [0.3, 0.4) is 0 Å². The lowest BCUT2D eigenvalue weighted by Crippen LogP contribution is -2.09. The summed E-state index contributed by atoms with van der Waals surface area (Å²) in [4.78, 5) is 0. The van der Waals surface area contributed by atoms with Gasteiger partial charge in [-0.1, -0.05) is 56.2 Å². The fourth-order valence-electron chi connectivity index (χ4n) is 2.64. The molecule has 0 N–H and O–H groups in total. The molecule has 19 heavy (non-hydrogen) atoms. The van der Waals surface area contributed by atoms with Crippen molar-refractivity contribution >= 4 is 14.1 Å². The van der Waals surface area contributed by atoms with Gasteiger partial charge in [0.2, 0.25) is 0 Å². The molecule has 0 spiro atoms. The Morgan fingerprint density at radius 2 is 1.89 bits per heavy atom. The van der Waals surface area contributed by atoms with Crippen molar-refractivity contribution in [2.75, 3.05) is 0 Å². The summed E-state index contributed by atoms with van der Waals surface area (Å²) in [7, 11) is 0.439. The van der Waals surface area contributed by atoms with Crippen LogP contribution in [0.4, 0.5) is 0 Å². The van der Waals surface area contributed by atoms with Crippen molar-refractivity contribution in [3.63, 3.8) is 0 Å². The average Bonchev–Trinajstić information content (AvgIpc) is 2.47. The molecule has 1 nitrogen and oxygen atoms in total. The minimum atomic E-state index is 0.439. The first-order valence-corrected chi connectivity index (χ1v) is 7.95. The van der Waals surface area contributed by atoms with Gasteiger partial charge in [-0.25, -0.2) is 0 Å². The van der Waals surface area contributed by atoms with Crippen LogP contribution >= 0.6 is 8.81 Å². The fraction of sp³-hybridized carbons (Fsp3) is 0.294. The van der Waals surface area contributed by atoms with Gasteiger partial charge in [-0.15, -0.1) is 0 Å². The molecule has 1 atom stereocenters. The number of hydrogen-bond acceptors (Lipinski definition) is 1. The first-order valence-electron chi connectivity index (χ1n) is 7.04. The van der Waals surface area contributed by atoms with Crippen molar-refractivity contribution in [1.29, 1.82) is 0 Å². The molecular weight excluding hydrogens is 251 g/mol. The summed E-state index contributed by atoms with van der Waals surface area (Å²) in [5.74, 6) is 1.06. The largest absolute Gasteiger partial charge is 0.472 e. The van der Waals surface area contributed by atoms with E-state index in [-0.39, 0.29) is 0 Å². The molecule has 98 valence electrons. The summed E-state index contributed by atoms with van der Waals surface area (Å²) in [6.45, 7) is 2.25. The number of hydrogen-bond donors (Lipinski definition) is 0. The topological polar surface area (TPSA) is 9.23 Å². The van der Waals surface area contributed by atoms with Crippen molar-refractivity contribution in [2.24, 2.45) is 0 Å². The quantitative estimate of drug-likeness (QED) is 0.578.